The van der Waals surface area contributed by atoms with Crippen molar-refractivity contribution in [3.63, 3.8) is 0 Å². The van der Waals surface area contributed by atoms with Gasteiger partial charge in [-0.05, 0) is 12.1 Å². The van der Waals surface area contributed by atoms with Gasteiger partial charge in [-0.3, -0.25) is 15.1 Å². The van der Waals surface area contributed by atoms with E-state index in [1.165, 1.54) is 31.5 Å². The van der Waals surface area contributed by atoms with Crippen LogP contribution in [0.1, 0.15) is 5.56 Å². The van der Waals surface area contributed by atoms with Gasteiger partial charge in [0.15, 0.2) is 11.6 Å². The zero-order valence-electron chi connectivity index (χ0n) is 12.2. The molecule has 7 heteroatoms. The molecule has 0 radical (unpaired) electrons. The third-order valence-corrected chi connectivity index (χ3v) is 3.43. The van der Waals surface area contributed by atoms with Gasteiger partial charge in [-0.2, -0.15) is 0 Å². The number of aromatic amines is 1. The first kappa shape index (κ1) is 14.6. The van der Waals surface area contributed by atoms with E-state index in [9.17, 15) is 15.2 Å². The number of hydrogen-bond acceptors (Lipinski definition) is 5. The number of nitro benzene ring substituents is 1. The van der Waals surface area contributed by atoms with Gasteiger partial charge in [0, 0.05) is 23.2 Å². The molecule has 0 aliphatic rings. The average molecular weight is 311 g/mol. The molecule has 2 aromatic carbocycles. The first-order valence-corrected chi connectivity index (χ1v) is 6.76. The number of benzene rings is 2. The molecule has 116 valence electrons. The molecule has 3 aromatic rings. The Bertz CT molecular complexity index is 915. The molecule has 0 saturated heterocycles. The minimum absolute atomic E-state index is 0.0100. The Morgan fingerprint density at radius 2 is 2.09 bits per heavy atom. The highest BCUT2D eigenvalue weighted by atomic mass is 16.6. The number of nitrogens with one attached hydrogen (secondary N) is 1. The van der Waals surface area contributed by atoms with Crippen LogP contribution in [-0.4, -0.2) is 28.3 Å². The zero-order chi connectivity index (χ0) is 16.4. The van der Waals surface area contributed by atoms with E-state index in [-0.39, 0.29) is 17.3 Å². The van der Waals surface area contributed by atoms with E-state index in [4.69, 9.17) is 4.74 Å². The number of nitrogens with zero attached hydrogens (tertiary/aromatic N) is 2. The van der Waals surface area contributed by atoms with Crippen LogP contribution in [0.25, 0.3) is 10.9 Å². The number of aliphatic imine (C=N–C) groups is 1. The maximum absolute atomic E-state index is 10.8. The summed E-state index contributed by atoms with van der Waals surface area (Å²) in [5, 5.41) is 21.6. The smallest absolute Gasteiger partial charge is 0.273 e. The van der Waals surface area contributed by atoms with Gasteiger partial charge in [0.2, 0.25) is 0 Å². The van der Waals surface area contributed by atoms with Crippen LogP contribution < -0.4 is 4.74 Å². The number of aromatic hydroxyl groups is 1. The number of fused-ring (bicyclic) bond motifs is 1. The van der Waals surface area contributed by atoms with Crippen molar-refractivity contribution in [1.29, 1.82) is 0 Å². The van der Waals surface area contributed by atoms with Crippen molar-refractivity contribution >= 4 is 28.5 Å². The Balaban J connectivity index is 2.02. The molecular weight excluding hydrogens is 298 g/mol. The summed E-state index contributed by atoms with van der Waals surface area (Å²) in [6, 6.07) is 11.6. The Kier molecular flexibility index (Phi) is 3.68. The molecular formula is C16H13N3O4. The van der Waals surface area contributed by atoms with Gasteiger partial charge in [-0.15, -0.1) is 0 Å². The number of para-hydroxylation sites is 1. The second-order valence-electron chi connectivity index (χ2n) is 4.80. The maximum Gasteiger partial charge on any atom is 0.273 e. The summed E-state index contributed by atoms with van der Waals surface area (Å²) in [7, 11) is 1.42. The van der Waals surface area contributed by atoms with Crippen molar-refractivity contribution in [1.82, 2.24) is 4.98 Å². The van der Waals surface area contributed by atoms with Crippen LogP contribution in [0.3, 0.4) is 0 Å². The number of nitro groups is 1. The Labute approximate surface area is 131 Å². The molecule has 0 fully saturated rings. The highest BCUT2D eigenvalue weighted by Gasteiger charge is 2.12. The fourth-order valence-corrected chi connectivity index (χ4v) is 2.30. The van der Waals surface area contributed by atoms with E-state index in [0.29, 0.717) is 11.3 Å². The SMILES string of the molecule is COc1cc([N+](=O)[O-])ccc1N=Cc1c(O)[nH]c2ccccc12. The molecule has 0 aliphatic heterocycles. The molecule has 23 heavy (non-hydrogen) atoms. The molecule has 2 N–H and O–H groups in total. The number of aromatic nitrogens is 1. The number of non-ortho nitro benzene ring substituents is 1. The molecule has 0 atom stereocenters. The van der Waals surface area contributed by atoms with Gasteiger partial charge in [0.1, 0.15) is 5.69 Å². The fraction of sp³-hybridized carbons (Fsp3) is 0.0625. The number of H-pyrrole nitrogens is 1. The number of rotatable bonds is 4. The van der Waals surface area contributed by atoms with E-state index < -0.39 is 4.92 Å². The number of ether oxygens (including phenoxy) is 1. The van der Waals surface area contributed by atoms with Crippen LogP contribution in [0.5, 0.6) is 11.6 Å². The molecule has 0 amide bonds. The lowest BCUT2D eigenvalue weighted by molar-refractivity contribution is -0.384. The first-order chi connectivity index (χ1) is 11.1. The lowest BCUT2D eigenvalue weighted by Gasteiger charge is -2.03. The molecule has 0 aliphatic carbocycles. The second kappa shape index (κ2) is 5.80. The molecule has 0 unspecified atom stereocenters. The van der Waals surface area contributed by atoms with Crippen LogP contribution in [0, 0.1) is 10.1 Å². The Morgan fingerprint density at radius 3 is 2.83 bits per heavy atom. The maximum atomic E-state index is 10.8. The first-order valence-electron chi connectivity index (χ1n) is 6.76. The molecule has 1 aromatic heterocycles. The van der Waals surface area contributed by atoms with Crippen molar-refractivity contribution in [3.8, 4) is 11.6 Å². The molecule has 0 saturated carbocycles. The minimum Gasteiger partial charge on any atom is -0.494 e. The van der Waals surface area contributed by atoms with Gasteiger partial charge in [0.25, 0.3) is 5.69 Å². The predicted octanol–water partition coefficient (Wildman–Crippen LogP) is 3.54. The van der Waals surface area contributed by atoms with E-state index in [0.717, 1.165) is 10.9 Å². The largest absolute Gasteiger partial charge is 0.494 e. The third-order valence-electron chi connectivity index (χ3n) is 3.43. The van der Waals surface area contributed by atoms with Crippen molar-refractivity contribution in [2.75, 3.05) is 7.11 Å². The van der Waals surface area contributed by atoms with Crippen molar-refractivity contribution in [2.45, 2.75) is 0 Å². The number of hydrogen-bond donors (Lipinski definition) is 2. The van der Waals surface area contributed by atoms with E-state index in [1.54, 1.807) is 0 Å². The van der Waals surface area contributed by atoms with Crippen molar-refractivity contribution < 1.29 is 14.8 Å². The van der Waals surface area contributed by atoms with Crippen molar-refractivity contribution in [2.24, 2.45) is 4.99 Å². The molecule has 3 rings (SSSR count). The van der Waals surface area contributed by atoms with Gasteiger partial charge in [0.05, 0.1) is 23.7 Å². The second-order valence-corrected chi connectivity index (χ2v) is 4.80. The van der Waals surface area contributed by atoms with Crippen LogP contribution in [0.15, 0.2) is 47.5 Å². The highest BCUT2D eigenvalue weighted by molar-refractivity contribution is 6.02. The minimum atomic E-state index is -0.499. The molecule has 0 bridgehead atoms. The van der Waals surface area contributed by atoms with Gasteiger partial charge < -0.3 is 14.8 Å². The quantitative estimate of drug-likeness (QED) is 0.437. The van der Waals surface area contributed by atoms with Gasteiger partial charge in [-0.25, -0.2) is 0 Å². The molecule has 0 spiro atoms. The van der Waals surface area contributed by atoms with Crippen molar-refractivity contribution in [3.05, 3.63) is 58.1 Å². The standard InChI is InChI=1S/C16H13N3O4/c1-23-15-8-10(19(21)22)6-7-14(15)17-9-12-11-4-2-3-5-13(11)18-16(12)20/h2-9,18,20H,1H3. The van der Waals surface area contributed by atoms with Crippen LogP contribution in [0.2, 0.25) is 0 Å². The fourth-order valence-electron chi connectivity index (χ4n) is 2.30. The van der Waals surface area contributed by atoms with E-state index >= 15 is 0 Å². The highest BCUT2D eigenvalue weighted by Crippen LogP contribution is 2.32. The molecule has 1 heterocycles. The summed E-state index contributed by atoms with van der Waals surface area (Å²) in [5.74, 6) is 0.297. The zero-order valence-corrected chi connectivity index (χ0v) is 12.2. The monoisotopic (exact) mass is 311 g/mol. The third kappa shape index (κ3) is 2.71. The average Bonchev–Trinajstić information content (AvgIpc) is 2.88. The topological polar surface area (TPSA) is 101 Å². The normalized spacial score (nSPS) is 11.2. The summed E-state index contributed by atoms with van der Waals surface area (Å²) in [4.78, 5) is 17.4. The van der Waals surface area contributed by atoms with Gasteiger partial charge in [-0.1, -0.05) is 18.2 Å². The molecule has 7 nitrogen and oxygen atoms in total. The van der Waals surface area contributed by atoms with Crippen LogP contribution >= 0.6 is 0 Å². The Hall–Kier alpha value is -3.35. The summed E-state index contributed by atoms with van der Waals surface area (Å²) in [6.45, 7) is 0. The number of methoxy groups -OCH3 is 1. The van der Waals surface area contributed by atoms with E-state index in [2.05, 4.69) is 9.98 Å². The summed E-state index contributed by atoms with van der Waals surface area (Å²) < 4.78 is 5.14. The van der Waals surface area contributed by atoms with E-state index in [1.807, 2.05) is 24.3 Å². The van der Waals surface area contributed by atoms with Crippen LogP contribution in [-0.2, 0) is 0 Å². The Morgan fingerprint density at radius 1 is 1.30 bits per heavy atom. The van der Waals surface area contributed by atoms with Gasteiger partial charge >= 0.3 is 0 Å². The van der Waals surface area contributed by atoms with Crippen LogP contribution in [0.4, 0.5) is 11.4 Å². The predicted molar refractivity (Wildman–Crippen MR) is 86.9 cm³/mol. The summed E-state index contributed by atoms with van der Waals surface area (Å²) in [6.07, 6.45) is 1.50. The lowest BCUT2D eigenvalue weighted by atomic mass is 10.2. The summed E-state index contributed by atoms with van der Waals surface area (Å²) in [5.41, 5.74) is 1.70. The summed E-state index contributed by atoms with van der Waals surface area (Å²) >= 11 is 0. The lowest BCUT2D eigenvalue weighted by Crippen LogP contribution is -1.90.